The zero-order valence-corrected chi connectivity index (χ0v) is 11.8. The van der Waals surface area contributed by atoms with Gasteiger partial charge in [-0.3, -0.25) is 4.98 Å². The van der Waals surface area contributed by atoms with Gasteiger partial charge in [0.2, 0.25) is 5.88 Å². The van der Waals surface area contributed by atoms with E-state index in [0.717, 1.165) is 0 Å². The van der Waals surface area contributed by atoms with Gasteiger partial charge in [0.25, 0.3) is 0 Å². The maximum absolute atomic E-state index is 13.7. The fourth-order valence-electron chi connectivity index (χ4n) is 1.90. The molecular formula is C14H9BrFN3O. The number of aromatic nitrogens is 2. The van der Waals surface area contributed by atoms with Crippen LogP contribution in [-0.4, -0.2) is 10.1 Å². The number of nitrogens with zero attached hydrogens (tertiary/aromatic N) is 2. The minimum atomic E-state index is -0.379. The Balaban J connectivity index is 2.18. The number of benzene rings is 1. The highest BCUT2D eigenvalue weighted by Crippen LogP contribution is 2.35. The molecule has 0 fully saturated rings. The first-order valence-electron chi connectivity index (χ1n) is 5.79. The summed E-state index contributed by atoms with van der Waals surface area (Å²) in [5.74, 6) is -0.224. The molecular weight excluding hydrogens is 325 g/mol. The number of pyridine rings is 1. The van der Waals surface area contributed by atoms with Gasteiger partial charge in [-0.05, 0) is 40.2 Å². The van der Waals surface area contributed by atoms with E-state index in [1.165, 1.54) is 6.07 Å². The maximum Gasteiger partial charge on any atom is 0.232 e. The molecule has 100 valence electrons. The summed E-state index contributed by atoms with van der Waals surface area (Å²) in [5.41, 5.74) is 8.04. The molecule has 0 amide bonds. The molecule has 4 nitrogen and oxygen atoms in total. The second-order valence-corrected chi connectivity index (χ2v) is 4.97. The largest absolute Gasteiger partial charge is 0.367 e. The summed E-state index contributed by atoms with van der Waals surface area (Å²) in [6.45, 7) is 0. The Morgan fingerprint density at radius 3 is 2.75 bits per heavy atom. The fraction of sp³-hybridized carbons (Fsp3) is 0. The van der Waals surface area contributed by atoms with Gasteiger partial charge in [0.1, 0.15) is 11.5 Å². The zero-order chi connectivity index (χ0) is 14.1. The number of anilines is 1. The van der Waals surface area contributed by atoms with Gasteiger partial charge >= 0.3 is 0 Å². The van der Waals surface area contributed by atoms with E-state index in [4.69, 9.17) is 10.3 Å². The molecule has 0 spiro atoms. The molecule has 0 aliphatic rings. The lowest BCUT2D eigenvalue weighted by Gasteiger charge is -2.03. The Morgan fingerprint density at radius 1 is 1.20 bits per heavy atom. The number of halogens is 2. The van der Waals surface area contributed by atoms with Gasteiger partial charge < -0.3 is 10.3 Å². The van der Waals surface area contributed by atoms with Crippen LogP contribution in [0.3, 0.4) is 0 Å². The smallest absolute Gasteiger partial charge is 0.232 e. The first-order valence-corrected chi connectivity index (χ1v) is 6.58. The Morgan fingerprint density at radius 2 is 2.05 bits per heavy atom. The Labute approximate surface area is 122 Å². The number of hydrogen-bond donors (Lipinski definition) is 1. The highest BCUT2D eigenvalue weighted by Gasteiger charge is 2.19. The van der Waals surface area contributed by atoms with Gasteiger partial charge in [0.15, 0.2) is 0 Å². The van der Waals surface area contributed by atoms with Crippen molar-refractivity contribution in [2.75, 3.05) is 5.73 Å². The van der Waals surface area contributed by atoms with Gasteiger partial charge in [-0.2, -0.15) is 0 Å². The molecule has 0 radical (unpaired) electrons. The van der Waals surface area contributed by atoms with Gasteiger partial charge in [-0.25, -0.2) is 4.39 Å². The first kappa shape index (κ1) is 12.8. The lowest BCUT2D eigenvalue weighted by molar-refractivity contribution is 0.439. The van der Waals surface area contributed by atoms with Crippen molar-refractivity contribution in [3.63, 3.8) is 0 Å². The van der Waals surface area contributed by atoms with Crippen molar-refractivity contribution >= 4 is 21.8 Å². The van der Waals surface area contributed by atoms with Gasteiger partial charge in [0, 0.05) is 11.8 Å². The third-order valence-electron chi connectivity index (χ3n) is 2.83. The SMILES string of the molecule is Nc1onc(-c2ccc(Br)c(F)c2)c1-c1ccccn1. The number of nitrogens with two attached hydrogens (primary N) is 1. The van der Waals surface area contributed by atoms with Crippen molar-refractivity contribution in [1.82, 2.24) is 10.1 Å². The molecule has 1 aromatic carbocycles. The normalized spacial score (nSPS) is 10.7. The number of nitrogen functional groups attached to an aromatic ring is 1. The molecule has 3 rings (SSSR count). The molecule has 20 heavy (non-hydrogen) atoms. The quantitative estimate of drug-likeness (QED) is 0.772. The second kappa shape index (κ2) is 5.05. The summed E-state index contributed by atoms with van der Waals surface area (Å²) in [6, 6.07) is 10.1. The molecule has 0 saturated carbocycles. The van der Waals surface area contributed by atoms with Gasteiger partial charge in [-0.1, -0.05) is 17.3 Å². The molecule has 2 N–H and O–H groups in total. The predicted octanol–water partition coefficient (Wildman–Crippen LogP) is 3.89. The van der Waals surface area contributed by atoms with Crippen molar-refractivity contribution < 1.29 is 8.91 Å². The van der Waals surface area contributed by atoms with Crippen molar-refractivity contribution in [1.29, 1.82) is 0 Å². The Hall–Kier alpha value is -2.21. The molecule has 6 heteroatoms. The topological polar surface area (TPSA) is 64.9 Å². The fourth-order valence-corrected chi connectivity index (χ4v) is 2.15. The number of hydrogen-bond acceptors (Lipinski definition) is 4. The summed E-state index contributed by atoms with van der Waals surface area (Å²) in [4.78, 5) is 4.23. The van der Waals surface area contributed by atoms with E-state index in [-0.39, 0.29) is 11.7 Å². The maximum atomic E-state index is 13.7. The van der Waals surface area contributed by atoms with Gasteiger partial charge in [0.05, 0.1) is 15.7 Å². The Bertz CT molecular complexity index is 758. The van der Waals surface area contributed by atoms with Crippen LogP contribution in [0.4, 0.5) is 10.3 Å². The highest BCUT2D eigenvalue weighted by molar-refractivity contribution is 9.10. The lowest BCUT2D eigenvalue weighted by atomic mass is 10.0. The minimum absolute atomic E-state index is 0.155. The van der Waals surface area contributed by atoms with Crippen LogP contribution in [0.5, 0.6) is 0 Å². The van der Waals surface area contributed by atoms with Crippen molar-refractivity contribution in [2.24, 2.45) is 0 Å². The van der Waals surface area contributed by atoms with Crippen LogP contribution in [0, 0.1) is 5.82 Å². The summed E-state index contributed by atoms with van der Waals surface area (Å²) in [5, 5.41) is 3.91. The molecule has 0 atom stereocenters. The third-order valence-corrected chi connectivity index (χ3v) is 3.48. The Kier molecular flexibility index (Phi) is 3.23. The standard InChI is InChI=1S/C14H9BrFN3O/c15-9-5-4-8(7-10(9)16)13-12(14(17)20-19-13)11-3-1-2-6-18-11/h1-7H,17H2. The van der Waals surface area contributed by atoms with Crippen LogP contribution in [-0.2, 0) is 0 Å². The molecule has 0 aliphatic carbocycles. The average molecular weight is 334 g/mol. The summed E-state index contributed by atoms with van der Waals surface area (Å²) in [6.07, 6.45) is 1.65. The van der Waals surface area contributed by atoms with E-state index < -0.39 is 0 Å². The van der Waals surface area contributed by atoms with E-state index >= 15 is 0 Å². The van der Waals surface area contributed by atoms with E-state index in [1.807, 2.05) is 6.07 Å². The monoisotopic (exact) mass is 333 g/mol. The zero-order valence-electron chi connectivity index (χ0n) is 10.2. The summed E-state index contributed by atoms with van der Waals surface area (Å²) in [7, 11) is 0. The molecule has 3 aromatic rings. The number of rotatable bonds is 2. The van der Waals surface area contributed by atoms with Gasteiger partial charge in [-0.15, -0.1) is 0 Å². The van der Waals surface area contributed by atoms with Crippen molar-refractivity contribution in [3.8, 4) is 22.5 Å². The van der Waals surface area contributed by atoms with Crippen LogP contribution in [0.2, 0.25) is 0 Å². The van der Waals surface area contributed by atoms with Crippen LogP contribution >= 0.6 is 15.9 Å². The summed E-state index contributed by atoms with van der Waals surface area (Å²) < 4.78 is 19.1. The average Bonchev–Trinajstić information content (AvgIpc) is 2.85. The van der Waals surface area contributed by atoms with Crippen LogP contribution in [0.25, 0.3) is 22.5 Å². The third kappa shape index (κ3) is 2.18. The minimum Gasteiger partial charge on any atom is -0.367 e. The predicted molar refractivity (Wildman–Crippen MR) is 77.2 cm³/mol. The molecule has 0 bridgehead atoms. The molecule has 2 heterocycles. The summed E-state index contributed by atoms with van der Waals surface area (Å²) >= 11 is 3.11. The molecule has 0 aliphatic heterocycles. The van der Waals surface area contributed by atoms with Crippen molar-refractivity contribution in [3.05, 3.63) is 52.9 Å². The van der Waals surface area contributed by atoms with E-state index in [1.54, 1.807) is 30.5 Å². The van der Waals surface area contributed by atoms with E-state index in [0.29, 0.717) is 27.0 Å². The van der Waals surface area contributed by atoms with Crippen LogP contribution < -0.4 is 5.73 Å². The highest BCUT2D eigenvalue weighted by atomic mass is 79.9. The van der Waals surface area contributed by atoms with Crippen molar-refractivity contribution in [2.45, 2.75) is 0 Å². The van der Waals surface area contributed by atoms with Crippen LogP contribution in [0.15, 0.2) is 51.6 Å². The second-order valence-electron chi connectivity index (χ2n) is 4.11. The van der Waals surface area contributed by atoms with E-state index in [2.05, 4.69) is 26.1 Å². The molecule has 2 aromatic heterocycles. The lowest BCUT2D eigenvalue weighted by Crippen LogP contribution is -1.90. The molecule has 0 saturated heterocycles. The molecule has 0 unspecified atom stereocenters. The first-order chi connectivity index (χ1) is 9.66. The van der Waals surface area contributed by atoms with E-state index in [9.17, 15) is 4.39 Å². The van der Waals surface area contributed by atoms with Crippen LogP contribution in [0.1, 0.15) is 0 Å².